The molecule has 0 aliphatic carbocycles. The number of hydrogen-bond acceptors (Lipinski definition) is 2. The van der Waals surface area contributed by atoms with Crippen molar-refractivity contribution in [1.82, 2.24) is 0 Å². The maximum absolute atomic E-state index is 10.9. The maximum Gasteiger partial charge on any atom is 0.0519 e. The summed E-state index contributed by atoms with van der Waals surface area (Å²) in [6.07, 6.45) is 0. The van der Waals surface area contributed by atoms with Gasteiger partial charge >= 0.3 is 0 Å². The number of benzene rings is 1. The standard InChI is InChI=1S/C10H14O2S/c1-8-4-6-9(7-5-8)10(2,3)13(11)12/h4-7H,1-3H3,(H,11,12)/p-1. The fourth-order valence-electron chi connectivity index (χ4n) is 1.05. The Kier molecular flexibility index (Phi) is 2.88. The van der Waals surface area contributed by atoms with Crippen LogP contribution < -0.4 is 0 Å². The third-order valence-electron chi connectivity index (χ3n) is 2.16. The molecule has 0 saturated carbocycles. The van der Waals surface area contributed by atoms with E-state index in [1.807, 2.05) is 31.2 Å². The van der Waals surface area contributed by atoms with E-state index in [0.717, 1.165) is 11.1 Å². The van der Waals surface area contributed by atoms with Gasteiger partial charge in [0.2, 0.25) is 0 Å². The van der Waals surface area contributed by atoms with E-state index in [0.29, 0.717) is 0 Å². The lowest BCUT2D eigenvalue weighted by molar-refractivity contribution is 0.500. The molecular formula is C10H13O2S-. The Bertz CT molecular complexity index is 314. The summed E-state index contributed by atoms with van der Waals surface area (Å²) in [5, 5.41) is 0. The first-order valence-corrected chi connectivity index (χ1v) is 5.18. The number of hydrogen-bond donors (Lipinski definition) is 0. The van der Waals surface area contributed by atoms with Gasteiger partial charge in [0.1, 0.15) is 0 Å². The van der Waals surface area contributed by atoms with Gasteiger partial charge in [-0.25, -0.2) is 0 Å². The van der Waals surface area contributed by atoms with E-state index < -0.39 is 15.8 Å². The molecule has 1 unspecified atom stereocenters. The second-order valence-corrected chi connectivity index (χ2v) is 5.10. The Morgan fingerprint density at radius 1 is 1.23 bits per heavy atom. The van der Waals surface area contributed by atoms with Crippen molar-refractivity contribution in [3.63, 3.8) is 0 Å². The second kappa shape index (κ2) is 3.60. The molecule has 1 rings (SSSR count). The largest absolute Gasteiger partial charge is 0.772 e. The van der Waals surface area contributed by atoms with Crippen molar-refractivity contribution in [2.75, 3.05) is 0 Å². The highest BCUT2D eigenvalue weighted by molar-refractivity contribution is 7.80. The van der Waals surface area contributed by atoms with Crippen molar-refractivity contribution in [3.05, 3.63) is 35.4 Å². The Labute approximate surface area is 81.3 Å². The molecule has 1 aromatic rings. The quantitative estimate of drug-likeness (QED) is 0.681. The molecule has 0 bridgehead atoms. The van der Waals surface area contributed by atoms with Gasteiger partial charge in [0.05, 0.1) is 4.75 Å². The average Bonchev–Trinajstić information content (AvgIpc) is 2.04. The third kappa shape index (κ3) is 2.17. The molecule has 0 aliphatic rings. The van der Waals surface area contributed by atoms with Gasteiger partial charge in [0.15, 0.2) is 0 Å². The SMILES string of the molecule is Cc1ccc(C(C)(C)S(=O)[O-])cc1. The molecule has 1 aromatic carbocycles. The first kappa shape index (κ1) is 10.4. The molecule has 0 radical (unpaired) electrons. The van der Waals surface area contributed by atoms with Crippen molar-refractivity contribution < 1.29 is 8.76 Å². The van der Waals surface area contributed by atoms with Gasteiger partial charge < -0.3 is 4.55 Å². The summed E-state index contributed by atoms with van der Waals surface area (Å²) in [5.41, 5.74) is 1.96. The van der Waals surface area contributed by atoms with Crippen molar-refractivity contribution in [1.29, 1.82) is 0 Å². The highest BCUT2D eigenvalue weighted by Gasteiger charge is 2.20. The highest BCUT2D eigenvalue weighted by atomic mass is 32.2. The van der Waals surface area contributed by atoms with Crippen LogP contribution in [0, 0.1) is 6.92 Å². The van der Waals surface area contributed by atoms with Crippen LogP contribution >= 0.6 is 0 Å². The lowest BCUT2D eigenvalue weighted by Crippen LogP contribution is -2.23. The van der Waals surface area contributed by atoms with Crippen LogP contribution in [0.2, 0.25) is 0 Å². The molecule has 13 heavy (non-hydrogen) atoms. The summed E-state index contributed by atoms with van der Waals surface area (Å²) < 4.78 is 21.0. The van der Waals surface area contributed by atoms with Crippen LogP contribution in [0.5, 0.6) is 0 Å². The van der Waals surface area contributed by atoms with E-state index in [9.17, 15) is 8.76 Å². The monoisotopic (exact) mass is 197 g/mol. The first-order valence-electron chi connectivity index (χ1n) is 4.11. The molecule has 0 saturated heterocycles. The van der Waals surface area contributed by atoms with E-state index in [2.05, 4.69) is 0 Å². The average molecular weight is 197 g/mol. The van der Waals surface area contributed by atoms with Crippen molar-refractivity contribution >= 4 is 11.1 Å². The minimum Gasteiger partial charge on any atom is -0.772 e. The minimum atomic E-state index is -2.08. The van der Waals surface area contributed by atoms with Crippen LogP contribution in [-0.2, 0) is 15.8 Å². The summed E-state index contributed by atoms with van der Waals surface area (Å²) in [6, 6.07) is 7.55. The zero-order chi connectivity index (χ0) is 10.1. The van der Waals surface area contributed by atoms with Crippen LogP contribution in [0.4, 0.5) is 0 Å². The topological polar surface area (TPSA) is 40.1 Å². The first-order chi connectivity index (χ1) is 5.94. The highest BCUT2D eigenvalue weighted by Crippen LogP contribution is 2.25. The van der Waals surface area contributed by atoms with Gasteiger partial charge in [-0.1, -0.05) is 29.8 Å². The molecule has 0 aromatic heterocycles. The molecule has 72 valence electrons. The Morgan fingerprint density at radius 2 is 1.69 bits per heavy atom. The van der Waals surface area contributed by atoms with Gasteiger partial charge in [-0.2, -0.15) is 0 Å². The second-order valence-electron chi connectivity index (χ2n) is 3.61. The summed E-state index contributed by atoms with van der Waals surface area (Å²) in [4.78, 5) is 0. The van der Waals surface area contributed by atoms with Crippen LogP contribution in [0.3, 0.4) is 0 Å². The lowest BCUT2D eigenvalue weighted by atomic mass is 10.0. The fraction of sp³-hybridized carbons (Fsp3) is 0.400. The van der Waals surface area contributed by atoms with E-state index >= 15 is 0 Å². The van der Waals surface area contributed by atoms with Crippen molar-refractivity contribution in [3.8, 4) is 0 Å². The Hall–Kier alpha value is -0.670. The van der Waals surface area contributed by atoms with Crippen molar-refractivity contribution in [2.24, 2.45) is 0 Å². The predicted octanol–water partition coefficient (Wildman–Crippen LogP) is 2.11. The zero-order valence-electron chi connectivity index (χ0n) is 8.03. The molecule has 0 spiro atoms. The Balaban J connectivity index is 3.08. The van der Waals surface area contributed by atoms with Crippen LogP contribution in [-0.4, -0.2) is 8.76 Å². The molecule has 0 amide bonds. The van der Waals surface area contributed by atoms with E-state index in [-0.39, 0.29) is 0 Å². The molecule has 3 heteroatoms. The van der Waals surface area contributed by atoms with Gasteiger partial charge in [0.25, 0.3) is 0 Å². The smallest absolute Gasteiger partial charge is 0.0519 e. The van der Waals surface area contributed by atoms with Crippen LogP contribution in [0.1, 0.15) is 25.0 Å². The lowest BCUT2D eigenvalue weighted by Gasteiger charge is -2.27. The summed E-state index contributed by atoms with van der Waals surface area (Å²) in [5.74, 6) is 0. The van der Waals surface area contributed by atoms with Gasteiger partial charge in [-0.15, -0.1) is 0 Å². The van der Waals surface area contributed by atoms with Gasteiger partial charge in [-0.3, -0.25) is 4.21 Å². The third-order valence-corrected chi connectivity index (χ3v) is 3.23. The molecular weight excluding hydrogens is 184 g/mol. The van der Waals surface area contributed by atoms with Gasteiger partial charge in [0, 0.05) is 0 Å². The number of rotatable bonds is 2. The number of aryl methyl sites for hydroxylation is 1. The summed E-state index contributed by atoms with van der Waals surface area (Å²) in [7, 11) is 0. The molecule has 0 N–H and O–H groups in total. The maximum atomic E-state index is 10.9. The molecule has 0 aliphatic heterocycles. The molecule has 0 fully saturated rings. The molecule has 0 heterocycles. The summed E-state index contributed by atoms with van der Waals surface area (Å²) >= 11 is -2.08. The van der Waals surface area contributed by atoms with E-state index in [4.69, 9.17) is 0 Å². The Morgan fingerprint density at radius 3 is 2.08 bits per heavy atom. The van der Waals surface area contributed by atoms with E-state index in [1.165, 1.54) is 0 Å². The molecule has 1 atom stereocenters. The summed E-state index contributed by atoms with van der Waals surface area (Å²) in [6.45, 7) is 5.37. The fourth-order valence-corrected chi connectivity index (χ4v) is 1.38. The van der Waals surface area contributed by atoms with Crippen molar-refractivity contribution in [2.45, 2.75) is 25.5 Å². The van der Waals surface area contributed by atoms with Crippen LogP contribution in [0.15, 0.2) is 24.3 Å². The molecule has 2 nitrogen and oxygen atoms in total. The zero-order valence-corrected chi connectivity index (χ0v) is 8.85. The minimum absolute atomic E-state index is 0.798. The van der Waals surface area contributed by atoms with E-state index in [1.54, 1.807) is 13.8 Å². The van der Waals surface area contributed by atoms with Gasteiger partial charge in [-0.05, 0) is 37.4 Å². The normalized spacial score (nSPS) is 14.2. The predicted molar refractivity (Wildman–Crippen MR) is 53.1 cm³/mol. The van der Waals surface area contributed by atoms with Crippen LogP contribution in [0.25, 0.3) is 0 Å².